The molecule has 4 rings (SSSR count). The molecule has 0 spiro atoms. The van der Waals surface area contributed by atoms with Crippen molar-refractivity contribution in [2.75, 3.05) is 12.8 Å². The molecule has 1 amide bonds. The van der Waals surface area contributed by atoms with Crippen LogP contribution in [0.15, 0.2) is 78.2 Å². The Kier molecular flexibility index (Phi) is 6.79. The molecule has 2 heterocycles. The molecule has 6 nitrogen and oxygen atoms in total. The van der Waals surface area contributed by atoms with Crippen LogP contribution in [0.1, 0.15) is 18.5 Å². The summed E-state index contributed by atoms with van der Waals surface area (Å²) in [6.45, 7) is 1.89. The van der Waals surface area contributed by atoms with Crippen molar-refractivity contribution in [2.45, 2.75) is 18.1 Å². The standard InChI is InChI=1S/C24H21F2N5OS/c1-16(17-3-5-19(25)6-4-17)30(2)22(32)15-33-24-29-28-23(18-11-13-27-14-12-18)31(24)21-9-7-20(26)8-10-21/h3-14,16H,15H2,1-2H3. The van der Waals surface area contributed by atoms with E-state index in [1.165, 1.54) is 36.0 Å². The summed E-state index contributed by atoms with van der Waals surface area (Å²) in [4.78, 5) is 18.5. The summed E-state index contributed by atoms with van der Waals surface area (Å²) in [5.41, 5.74) is 2.31. The molecule has 2 aromatic heterocycles. The first-order valence-corrected chi connectivity index (χ1v) is 11.2. The molecule has 0 saturated heterocycles. The van der Waals surface area contributed by atoms with E-state index in [-0.39, 0.29) is 29.3 Å². The Balaban J connectivity index is 1.56. The van der Waals surface area contributed by atoms with E-state index in [1.807, 2.05) is 19.1 Å². The summed E-state index contributed by atoms with van der Waals surface area (Å²) < 4.78 is 28.5. The van der Waals surface area contributed by atoms with Crippen LogP contribution in [0.2, 0.25) is 0 Å². The molecule has 0 radical (unpaired) electrons. The molecular formula is C24H21F2N5OS. The molecule has 2 aromatic carbocycles. The quantitative estimate of drug-likeness (QED) is 0.363. The maximum atomic E-state index is 13.5. The largest absolute Gasteiger partial charge is 0.338 e. The Morgan fingerprint density at radius 3 is 2.21 bits per heavy atom. The maximum Gasteiger partial charge on any atom is 0.233 e. The molecule has 0 fully saturated rings. The van der Waals surface area contributed by atoms with Gasteiger partial charge >= 0.3 is 0 Å². The van der Waals surface area contributed by atoms with Crippen LogP contribution in [0, 0.1) is 11.6 Å². The number of hydrogen-bond acceptors (Lipinski definition) is 5. The number of benzene rings is 2. The highest BCUT2D eigenvalue weighted by Crippen LogP contribution is 2.28. The van der Waals surface area contributed by atoms with Gasteiger partial charge in [-0.1, -0.05) is 23.9 Å². The van der Waals surface area contributed by atoms with E-state index in [9.17, 15) is 13.6 Å². The molecule has 1 unspecified atom stereocenters. The zero-order chi connectivity index (χ0) is 23.4. The summed E-state index contributed by atoms with van der Waals surface area (Å²) in [7, 11) is 1.71. The van der Waals surface area contributed by atoms with Gasteiger partial charge in [-0.2, -0.15) is 0 Å². The van der Waals surface area contributed by atoms with E-state index >= 15 is 0 Å². The van der Waals surface area contributed by atoms with Crippen molar-refractivity contribution in [2.24, 2.45) is 0 Å². The molecule has 9 heteroatoms. The fraction of sp³-hybridized carbons (Fsp3) is 0.167. The smallest absolute Gasteiger partial charge is 0.233 e. The first-order chi connectivity index (χ1) is 15.9. The third-order valence-corrected chi connectivity index (χ3v) is 6.22. The second-order valence-electron chi connectivity index (χ2n) is 7.37. The molecule has 33 heavy (non-hydrogen) atoms. The van der Waals surface area contributed by atoms with Crippen molar-refractivity contribution < 1.29 is 13.6 Å². The van der Waals surface area contributed by atoms with E-state index in [0.29, 0.717) is 16.7 Å². The van der Waals surface area contributed by atoms with Crippen LogP contribution in [0.4, 0.5) is 8.78 Å². The molecule has 0 aliphatic carbocycles. The van der Waals surface area contributed by atoms with Gasteiger partial charge in [0.2, 0.25) is 5.91 Å². The molecule has 0 aliphatic heterocycles. The molecule has 0 bridgehead atoms. The van der Waals surface area contributed by atoms with E-state index < -0.39 is 0 Å². The monoisotopic (exact) mass is 465 g/mol. The maximum absolute atomic E-state index is 13.5. The van der Waals surface area contributed by atoms with Gasteiger partial charge in [-0.15, -0.1) is 10.2 Å². The Bertz CT molecular complexity index is 1230. The summed E-state index contributed by atoms with van der Waals surface area (Å²) >= 11 is 1.24. The van der Waals surface area contributed by atoms with Crippen LogP contribution in [0.25, 0.3) is 17.1 Å². The predicted octanol–water partition coefficient (Wildman–Crippen LogP) is 4.92. The van der Waals surface area contributed by atoms with Crippen LogP contribution in [-0.2, 0) is 4.79 Å². The summed E-state index contributed by atoms with van der Waals surface area (Å²) in [6.07, 6.45) is 3.31. The van der Waals surface area contributed by atoms with Crippen molar-refractivity contribution in [3.05, 3.63) is 90.3 Å². The molecule has 168 valence electrons. The summed E-state index contributed by atoms with van der Waals surface area (Å²) in [5.74, 6) is -0.0980. The van der Waals surface area contributed by atoms with Gasteiger partial charge in [0, 0.05) is 30.7 Å². The zero-order valence-electron chi connectivity index (χ0n) is 18.0. The number of carbonyl (C=O) groups is 1. The highest BCUT2D eigenvalue weighted by atomic mass is 32.2. The third kappa shape index (κ3) is 5.09. The van der Waals surface area contributed by atoms with Gasteiger partial charge < -0.3 is 4.90 Å². The lowest BCUT2D eigenvalue weighted by Gasteiger charge is -2.25. The van der Waals surface area contributed by atoms with Gasteiger partial charge in [-0.25, -0.2) is 8.78 Å². The Hall–Kier alpha value is -3.59. The Morgan fingerprint density at radius 2 is 1.58 bits per heavy atom. The summed E-state index contributed by atoms with van der Waals surface area (Å²) in [6, 6.07) is 15.5. The number of thioether (sulfide) groups is 1. The van der Waals surface area contributed by atoms with Crippen LogP contribution < -0.4 is 0 Å². The van der Waals surface area contributed by atoms with Crippen LogP contribution >= 0.6 is 11.8 Å². The lowest BCUT2D eigenvalue weighted by atomic mass is 10.1. The van der Waals surface area contributed by atoms with Crippen LogP contribution in [0.3, 0.4) is 0 Å². The number of rotatable bonds is 7. The van der Waals surface area contributed by atoms with Crippen molar-refractivity contribution in [3.8, 4) is 17.1 Å². The number of nitrogens with zero attached hydrogens (tertiary/aromatic N) is 5. The second kappa shape index (κ2) is 9.91. The number of halogens is 2. The van der Waals surface area contributed by atoms with Crippen molar-refractivity contribution in [3.63, 3.8) is 0 Å². The van der Waals surface area contributed by atoms with Crippen molar-refractivity contribution >= 4 is 17.7 Å². The lowest BCUT2D eigenvalue weighted by Crippen LogP contribution is -2.31. The highest BCUT2D eigenvalue weighted by molar-refractivity contribution is 7.99. The van der Waals surface area contributed by atoms with Gasteiger partial charge in [-0.05, 0) is 61.0 Å². The van der Waals surface area contributed by atoms with E-state index in [0.717, 1.165) is 11.1 Å². The molecule has 4 aromatic rings. The number of pyridine rings is 1. The minimum absolute atomic E-state index is 0.115. The SMILES string of the molecule is CC(c1ccc(F)cc1)N(C)C(=O)CSc1nnc(-c2ccncc2)n1-c1ccc(F)cc1. The van der Waals surface area contributed by atoms with Crippen molar-refractivity contribution in [1.82, 2.24) is 24.6 Å². The van der Waals surface area contributed by atoms with E-state index in [1.54, 1.807) is 53.2 Å². The summed E-state index contributed by atoms with van der Waals surface area (Å²) in [5, 5.41) is 9.10. The predicted molar refractivity (Wildman–Crippen MR) is 123 cm³/mol. The number of carbonyl (C=O) groups excluding carboxylic acids is 1. The van der Waals surface area contributed by atoms with E-state index in [2.05, 4.69) is 15.2 Å². The lowest BCUT2D eigenvalue weighted by molar-refractivity contribution is -0.128. The van der Waals surface area contributed by atoms with Crippen LogP contribution in [-0.4, -0.2) is 43.4 Å². The molecule has 1 atom stereocenters. The number of aromatic nitrogens is 4. The zero-order valence-corrected chi connectivity index (χ0v) is 18.8. The van der Waals surface area contributed by atoms with Gasteiger partial charge in [-0.3, -0.25) is 14.3 Å². The fourth-order valence-corrected chi connectivity index (χ4v) is 4.16. The first kappa shape index (κ1) is 22.6. The fourth-order valence-electron chi connectivity index (χ4n) is 3.28. The van der Waals surface area contributed by atoms with Gasteiger partial charge in [0.15, 0.2) is 11.0 Å². The van der Waals surface area contributed by atoms with Crippen molar-refractivity contribution in [1.29, 1.82) is 0 Å². The van der Waals surface area contributed by atoms with Gasteiger partial charge in [0.1, 0.15) is 11.6 Å². The third-order valence-electron chi connectivity index (χ3n) is 5.31. The Morgan fingerprint density at radius 1 is 0.970 bits per heavy atom. The molecule has 0 N–H and O–H groups in total. The minimum atomic E-state index is -0.349. The first-order valence-electron chi connectivity index (χ1n) is 10.2. The van der Waals surface area contributed by atoms with Gasteiger partial charge in [0.25, 0.3) is 0 Å². The average molecular weight is 466 g/mol. The second-order valence-corrected chi connectivity index (χ2v) is 8.32. The number of hydrogen-bond donors (Lipinski definition) is 0. The number of amides is 1. The Labute approximate surface area is 194 Å². The molecular weight excluding hydrogens is 444 g/mol. The molecule has 0 saturated carbocycles. The van der Waals surface area contributed by atoms with E-state index in [4.69, 9.17) is 0 Å². The highest BCUT2D eigenvalue weighted by Gasteiger charge is 2.21. The topological polar surface area (TPSA) is 63.9 Å². The van der Waals surface area contributed by atoms with Gasteiger partial charge in [0.05, 0.1) is 11.8 Å². The average Bonchev–Trinajstić information content (AvgIpc) is 3.27. The minimum Gasteiger partial charge on any atom is -0.338 e. The molecule has 0 aliphatic rings. The van der Waals surface area contributed by atoms with Crippen LogP contribution in [0.5, 0.6) is 0 Å². The normalized spacial score (nSPS) is 11.9.